The fraction of sp³-hybridized carbons (Fsp3) is 0.778. The summed E-state index contributed by atoms with van der Waals surface area (Å²) in [5, 5.41) is 11.0. The number of hydrogen-bond acceptors (Lipinski definition) is 4. The number of rotatable bonds is 9. The van der Waals surface area contributed by atoms with Crippen molar-refractivity contribution in [2.45, 2.75) is 71.5 Å². The van der Waals surface area contributed by atoms with Crippen molar-refractivity contribution in [3.63, 3.8) is 0 Å². The molecule has 0 saturated heterocycles. The number of aliphatic hydroxyl groups excluding tert-OH is 1. The summed E-state index contributed by atoms with van der Waals surface area (Å²) in [4.78, 5) is 17.1. The quantitative estimate of drug-likeness (QED) is 0.609. The minimum atomic E-state index is 0.0887. The Morgan fingerprint density at radius 1 is 1.32 bits per heavy atom. The molecule has 1 aliphatic carbocycles. The number of allylic oxidation sites excluding steroid dienone is 2. The van der Waals surface area contributed by atoms with Crippen molar-refractivity contribution in [2.75, 3.05) is 12.3 Å². The Labute approximate surface area is 139 Å². The molecule has 22 heavy (non-hydrogen) atoms. The summed E-state index contributed by atoms with van der Waals surface area (Å²) >= 11 is 1.92. The molecule has 0 aliphatic heterocycles. The number of aliphatic imine (C=N–C) groups is 1. The standard InChI is InChI=1S/C18H31NO2S/c1-5-8-15(19-9-6-2)18-16(20)11-14(12-17(18)21)10-13(4)22-7-3/h13-14,20H,5-12H2,1-4H3/t13-,14?/m0/s1. The van der Waals surface area contributed by atoms with Gasteiger partial charge < -0.3 is 5.11 Å². The number of ketones is 1. The zero-order valence-corrected chi connectivity index (χ0v) is 15.3. The van der Waals surface area contributed by atoms with Crippen molar-refractivity contribution >= 4 is 23.3 Å². The Morgan fingerprint density at radius 3 is 2.59 bits per heavy atom. The third-order valence-electron chi connectivity index (χ3n) is 3.94. The Kier molecular flexibility index (Phi) is 8.84. The lowest BCUT2D eigenvalue weighted by molar-refractivity contribution is -0.116. The van der Waals surface area contributed by atoms with Crippen LogP contribution in [0.5, 0.6) is 0 Å². The second kappa shape index (κ2) is 10.1. The van der Waals surface area contributed by atoms with Crippen LogP contribution in [-0.4, -0.2) is 34.1 Å². The molecule has 0 bridgehead atoms. The molecule has 1 rings (SSSR count). The first-order valence-corrected chi connectivity index (χ1v) is 9.68. The van der Waals surface area contributed by atoms with Crippen LogP contribution in [0, 0.1) is 5.92 Å². The van der Waals surface area contributed by atoms with Crippen LogP contribution in [0.15, 0.2) is 16.3 Å². The molecule has 0 fully saturated rings. The van der Waals surface area contributed by atoms with Gasteiger partial charge in [0.1, 0.15) is 5.76 Å². The molecule has 0 aromatic heterocycles. The summed E-state index contributed by atoms with van der Waals surface area (Å²) in [5.74, 6) is 1.74. The van der Waals surface area contributed by atoms with Crippen molar-refractivity contribution in [2.24, 2.45) is 10.9 Å². The SMILES string of the molecule is CCCN=C(CCC)C1=C(O)CC(C[C@H](C)SCC)CC1=O. The van der Waals surface area contributed by atoms with E-state index >= 15 is 0 Å². The average molecular weight is 326 g/mol. The highest BCUT2D eigenvalue weighted by Crippen LogP contribution is 2.32. The Morgan fingerprint density at radius 2 is 2.05 bits per heavy atom. The summed E-state index contributed by atoms with van der Waals surface area (Å²) in [6.07, 6.45) is 4.87. The molecule has 2 atom stereocenters. The smallest absolute Gasteiger partial charge is 0.168 e. The van der Waals surface area contributed by atoms with Gasteiger partial charge in [-0.3, -0.25) is 9.79 Å². The molecule has 0 aromatic rings. The van der Waals surface area contributed by atoms with Crippen LogP contribution < -0.4 is 0 Å². The normalized spacial score (nSPS) is 21.4. The summed E-state index contributed by atoms with van der Waals surface area (Å²) < 4.78 is 0. The lowest BCUT2D eigenvalue weighted by atomic mass is 9.82. The first kappa shape index (κ1) is 19.3. The average Bonchev–Trinajstić information content (AvgIpc) is 2.44. The minimum absolute atomic E-state index is 0.0887. The molecule has 4 heteroatoms. The Bertz CT molecular complexity index is 429. The van der Waals surface area contributed by atoms with Gasteiger partial charge in [-0.15, -0.1) is 0 Å². The Hall–Kier alpha value is -0.770. The van der Waals surface area contributed by atoms with Crippen molar-refractivity contribution in [1.82, 2.24) is 0 Å². The van der Waals surface area contributed by atoms with E-state index in [1.807, 2.05) is 11.8 Å². The number of hydrogen-bond donors (Lipinski definition) is 1. The van der Waals surface area contributed by atoms with E-state index in [-0.39, 0.29) is 17.5 Å². The van der Waals surface area contributed by atoms with Gasteiger partial charge in [0.05, 0.1) is 5.57 Å². The molecule has 1 unspecified atom stereocenters. The molecular weight excluding hydrogens is 294 g/mol. The summed E-state index contributed by atoms with van der Waals surface area (Å²) in [7, 11) is 0. The predicted molar refractivity (Wildman–Crippen MR) is 97.1 cm³/mol. The van der Waals surface area contributed by atoms with Crippen molar-refractivity contribution in [1.29, 1.82) is 0 Å². The van der Waals surface area contributed by atoms with Crippen LogP contribution in [0.4, 0.5) is 0 Å². The lowest BCUT2D eigenvalue weighted by Crippen LogP contribution is -2.26. The first-order valence-electron chi connectivity index (χ1n) is 8.63. The maximum atomic E-state index is 12.5. The molecule has 1 aliphatic rings. The zero-order valence-electron chi connectivity index (χ0n) is 14.5. The summed E-state index contributed by atoms with van der Waals surface area (Å²) in [5.41, 5.74) is 1.35. The number of thioether (sulfide) groups is 1. The Balaban J connectivity index is 2.85. The molecule has 0 radical (unpaired) electrons. The van der Waals surface area contributed by atoms with Crippen LogP contribution in [0.25, 0.3) is 0 Å². The van der Waals surface area contributed by atoms with Gasteiger partial charge in [-0.05, 0) is 30.9 Å². The third-order valence-corrected chi connectivity index (χ3v) is 5.04. The largest absolute Gasteiger partial charge is 0.511 e. The molecule has 0 aromatic carbocycles. The molecular formula is C18H31NO2S. The maximum Gasteiger partial charge on any atom is 0.168 e. The number of aliphatic hydroxyl groups is 1. The molecule has 3 nitrogen and oxygen atoms in total. The topological polar surface area (TPSA) is 49.7 Å². The van der Waals surface area contributed by atoms with Crippen molar-refractivity contribution < 1.29 is 9.90 Å². The molecule has 126 valence electrons. The highest BCUT2D eigenvalue weighted by Gasteiger charge is 2.30. The van der Waals surface area contributed by atoms with Crippen molar-refractivity contribution in [3.8, 4) is 0 Å². The van der Waals surface area contributed by atoms with E-state index in [0.29, 0.717) is 23.7 Å². The van der Waals surface area contributed by atoms with E-state index in [1.165, 1.54) is 0 Å². The second-order valence-electron chi connectivity index (χ2n) is 6.10. The van der Waals surface area contributed by atoms with Crippen molar-refractivity contribution in [3.05, 3.63) is 11.3 Å². The zero-order chi connectivity index (χ0) is 16.5. The fourth-order valence-electron chi connectivity index (χ4n) is 3.06. The highest BCUT2D eigenvalue weighted by atomic mass is 32.2. The molecule has 0 saturated carbocycles. The minimum Gasteiger partial charge on any atom is -0.511 e. The number of carbonyl (C=O) groups excluding carboxylic acids is 1. The fourth-order valence-corrected chi connectivity index (χ4v) is 4.03. The van der Waals surface area contributed by atoms with Gasteiger partial charge in [0.25, 0.3) is 0 Å². The van der Waals surface area contributed by atoms with Gasteiger partial charge in [0.15, 0.2) is 5.78 Å². The van der Waals surface area contributed by atoms with Gasteiger partial charge in [-0.2, -0.15) is 11.8 Å². The molecule has 1 N–H and O–H groups in total. The van der Waals surface area contributed by atoms with E-state index in [4.69, 9.17) is 0 Å². The first-order chi connectivity index (χ1) is 10.5. The molecule has 0 amide bonds. The third kappa shape index (κ3) is 5.79. The molecule has 0 heterocycles. The van der Waals surface area contributed by atoms with Gasteiger partial charge in [-0.1, -0.05) is 34.1 Å². The van der Waals surface area contributed by atoms with Crippen LogP contribution in [0.1, 0.15) is 66.2 Å². The summed E-state index contributed by atoms with van der Waals surface area (Å²) in [6, 6.07) is 0. The van der Waals surface area contributed by atoms with Gasteiger partial charge in [0, 0.05) is 30.3 Å². The van der Waals surface area contributed by atoms with Crippen LogP contribution in [0.3, 0.4) is 0 Å². The maximum absolute atomic E-state index is 12.5. The second-order valence-corrected chi connectivity index (χ2v) is 7.81. The van der Waals surface area contributed by atoms with Crippen LogP contribution >= 0.6 is 11.8 Å². The van der Waals surface area contributed by atoms with E-state index in [9.17, 15) is 9.90 Å². The monoisotopic (exact) mass is 325 g/mol. The van der Waals surface area contributed by atoms with Gasteiger partial charge >= 0.3 is 0 Å². The summed E-state index contributed by atoms with van der Waals surface area (Å²) in [6.45, 7) is 9.25. The highest BCUT2D eigenvalue weighted by molar-refractivity contribution is 7.99. The van der Waals surface area contributed by atoms with Crippen LogP contribution in [-0.2, 0) is 4.79 Å². The lowest BCUT2D eigenvalue weighted by Gasteiger charge is -2.26. The van der Waals surface area contributed by atoms with E-state index in [0.717, 1.165) is 43.7 Å². The van der Waals surface area contributed by atoms with E-state index in [1.54, 1.807) is 0 Å². The van der Waals surface area contributed by atoms with Gasteiger partial charge in [0.2, 0.25) is 0 Å². The van der Waals surface area contributed by atoms with E-state index in [2.05, 4.69) is 32.7 Å². The van der Waals surface area contributed by atoms with Crippen LogP contribution in [0.2, 0.25) is 0 Å². The molecule has 0 spiro atoms. The van der Waals surface area contributed by atoms with Gasteiger partial charge in [-0.25, -0.2) is 0 Å². The number of nitrogens with zero attached hydrogens (tertiary/aromatic N) is 1. The predicted octanol–water partition coefficient (Wildman–Crippen LogP) is 4.96. The number of carbonyl (C=O) groups is 1. The number of Topliss-reactive ketones (excluding diaryl/α,β-unsaturated/α-hetero) is 1. The van der Waals surface area contributed by atoms with E-state index < -0.39 is 0 Å².